The number of aromatic nitrogens is 1. The van der Waals surface area contributed by atoms with Gasteiger partial charge in [-0.25, -0.2) is 4.98 Å². The highest BCUT2D eigenvalue weighted by Gasteiger charge is 2.29. The summed E-state index contributed by atoms with van der Waals surface area (Å²) in [5.74, 6) is 0.837. The zero-order valence-electron chi connectivity index (χ0n) is 12.4. The molecule has 1 fully saturated rings. The van der Waals surface area contributed by atoms with Gasteiger partial charge in [-0.15, -0.1) is 0 Å². The van der Waals surface area contributed by atoms with Crippen LogP contribution in [0.15, 0.2) is 18.3 Å². The van der Waals surface area contributed by atoms with E-state index in [9.17, 15) is 4.79 Å². The number of anilines is 2. The second-order valence-electron chi connectivity index (χ2n) is 6.24. The van der Waals surface area contributed by atoms with Crippen molar-refractivity contribution in [1.29, 1.82) is 0 Å². The van der Waals surface area contributed by atoms with Gasteiger partial charge in [0.05, 0.1) is 17.8 Å². The Hall–Kier alpha value is -1.78. The van der Waals surface area contributed by atoms with Crippen molar-refractivity contribution < 1.29 is 9.53 Å². The van der Waals surface area contributed by atoms with Crippen molar-refractivity contribution in [3.8, 4) is 0 Å². The second-order valence-corrected chi connectivity index (χ2v) is 6.24. The maximum Gasteiger partial charge on any atom is 0.309 e. The van der Waals surface area contributed by atoms with Crippen LogP contribution in [0.5, 0.6) is 0 Å². The SMILES string of the molecule is CC(C)(C)OC(=O)C1CCN(c2ccc(N)cn2)CC1. The minimum atomic E-state index is -0.410. The largest absolute Gasteiger partial charge is 0.460 e. The molecule has 0 saturated carbocycles. The molecule has 1 aromatic heterocycles. The monoisotopic (exact) mass is 277 g/mol. The number of ether oxygens (including phenoxy) is 1. The van der Waals surface area contributed by atoms with Gasteiger partial charge in [-0.1, -0.05) is 0 Å². The standard InChI is InChI=1S/C15H23N3O2/c1-15(2,3)20-14(19)11-6-8-18(9-7-11)13-5-4-12(16)10-17-13/h4-5,10-11H,6-9,16H2,1-3H3. The fraction of sp³-hybridized carbons (Fsp3) is 0.600. The minimum absolute atomic E-state index is 0.000688. The van der Waals surface area contributed by atoms with Crippen LogP contribution in [0.3, 0.4) is 0 Å². The van der Waals surface area contributed by atoms with Gasteiger partial charge in [0.25, 0.3) is 0 Å². The fourth-order valence-electron chi connectivity index (χ4n) is 2.31. The van der Waals surface area contributed by atoms with Gasteiger partial charge in [-0.3, -0.25) is 4.79 Å². The summed E-state index contributed by atoms with van der Waals surface area (Å²) in [5.41, 5.74) is 5.89. The van der Waals surface area contributed by atoms with Crippen LogP contribution in [-0.4, -0.2) is 29.6 Å². The van der Waals surface area contributed by atoms with Gasteiger partial charge in [0.1, 0.15) is 11.4 Å². The number of carbonyl (C=O) groups is 1. The Labute approximate surface area is 120 Å². The first-order valence-electron chi connectivity index (χ1n) is 7.04. The highest BCUT2D eigenvalue weighted by atomic mass is 16.6. The molecule has 5 heteroatoms. The number of nitrogens with two attached hydrogens (primary N) is 1. The Kier molecular flexibility index (Phi) is 4.16. The summed E-state index contributed by atoms with van der Waals surface area (Å²) in [6.07, 6.45) is 3.28. The maximum absolute atomic E-state index is 12.0. The van der Waals surface area contributed by atoms with Crippen molar-refractivity contribution in [2.45, 2.75) is 39.2 Å². The van der Waals surface area contributed by atoms with E-state index in [0.717, 1.165) is 31.7 Å². The summed E-state index contributed by atoms with van der Waals surface area (Å²) in [7, 11) is 0. The smallest absolute Gasteiger partial charge is 0.309 e. The van der Waals surface area contributed by atoms with E-state index in [2.05, 4.69) is 9.88 Å². The first-order valence-corrected chi connectivity index (χ1v) is 7.04. The van der Waals surface area contributed by atoms with E-state index in [1.165, 1.54) is 0 Å². The highest BCUT2D eigenvalue weighted by Crippen LogP contribution is 2.24. The number of nitrogen functional groups attached to an aromatic ring is 1. The number of hydrogen-bond acceptors (Lipinski definition) is 5. The number of piperidine rings is 1. The zero-order valence-corrected chi connectivity index (χ0v) is 12.4. The Balaban J connectivity index is 1.89. The van der Waals surface area contributed by atoms with Gasteiger partial charge in [0, 0.05) is 13.1 Å². The van der Waals surface area contributed by atoms with E-state index in [-0.39, 0.29) is 11.9 Å². The molecule has 0 unspecified atom stereocenters. The van der Waals surface area contributed by atoms with Crippen molar-refractivity contribution in [2.24, 2.45) is 5.92 Å². The van der Waals surface area contributed by atoms with Gasteiger partial charge in [-0.05, 0) is 45.7 Å². The molecule has 2 heterocycles. The van der Waals surface area contributed by atoms with Gasteiger partial charge < -0.3 is 15.4 Å². The molecule has 20 heavy (non-hydrogen) atoms. The molecule has 5 nitrogen and oxygen atoms in total. The van der Waals surface area contributed by atoms with Crippen molar-refractivity contribution in [1.82, 2.24) is 4.98 Å². The Morgan fingerprint density at radius 2 is 2.00 bits per heavy atom. The van der Waals surface area contributed by atoms with E-state index in [1.807, 2.05) is 32.9 Å². The molecule has 2 N–H and O–H groups in total. The van der Waals surface area contributed by atoms with E-state index in [4.69, 9.17) is 10.5 Å². The normalized spacial score (nSPS) is 17.1. The van der Waals surface area contributed by atoms with Gasteiger partial charge in [0.2, 0.25) is 0 Å². The van der Waals surface area contributed by atoms with E-state index in [1.54, 1.807) is 6.20 Å². The first kappa shape index (κ1) is 14.6. The summed E-state index contributed by atoms with van der Waals surface area (Å²) in [6.45, 7) is 7.34. The third-order valence-corrected chi connectivity index (χ3v) is 3.33. The predicted molar refractivity (Wildman–Crippen MR) is 79.4 cm³/mol. The first-order chi connectivity index (χ1) is 9.35. The lowest BCUT2D eigenvalue weighted by atomic mass is 9.96. The Bertz CT molecular complexity index is 457. The molecule has 1 aromatic rings. The molecule has 0 bridgehead atoms. The summed E-state index contributed by atoms with van der Waals surface area (Å²) in [4.78, 5) is 18.5. The quantitative estimate of drug-likeness (QED) is 0.839. The minimum Gasteiger partial charge on any atom is -0.460 e. The molecule has 2 rings (SSSR count). The van der Waals surface area contributed by atoms with Gasteiger partial charge >= 0.3 is 5.97 Å². The molecular weight excluding hydrogens is 254 g/mol. The molecule has 0 atom stereocenters. The number of rotatable bonds is 2. The van der Waals surface area contributed by atoms with Crippen LogP contribution in [0, 0.1) is 5.92 Å². The van der Waals surface area contributed by atoms with Gasteiger partial charge in [0.15, 0.2) is 0 Å². The third-order valence-electron chi connectivity index (χ3n) is 3.33. The summed E-state index contributed by atoms with van der Waals surface area (Å²) >= 11 is 0. The number of hydrogen-bond donors (Lipinski definition) is 1. The van der Waals surface area contributed by atoms with Crippen LogP contribution in [0.4, 0.5) is 11.5 Å². The maximum atomic E-state index is 12.0. The number of esters is 1. The van der Waals surface area contributed by atoms with Crippen LogP contribution in [-0.2, 0) is 9.53 Å². The zero-order chi connectivity index (χ0) is 14.8. The highest BCUT2D eigenvalue weighted by molar-refractivity contribution is 5.73. The summed E-state index contributed by atoms with van der Waals surface area (Å²) in [5, 5.41) is 0. The lowest BCUT2D eigenvalue weighted by Crippen LogP contribution is -2.39. The van der Waals surface area contributed by atoms with Crippen molar-refractivity contribution in [3.63, 3.8) is 0 Å². The molecule has 0 aliphatic carbocycles. The van der Waals surface area contributed by atoms with Crippen LogP contribution in [0.2, 0.25) is 0 Å². The lowest BCUT2D eigenvalue weighted by Gasteiger charge is -2.33. The van der Waals surface area contributed by atoms with E-state index >= 15 is 0 Å². The third kappa shape index (κ3) is 3.85. The summed E-state index contributed by atoms with van der Waals surface area (Å²) in [6, 6.07) is 3.77. The Morgan fingerprint density at radius 3 is 2.50 bits per heavy atom. The molecule has 110 valence electrons. The Morgan fingerprint density at radius 1 is 1.35 bits per heavy atom. The number of nitrogens with zero attached hydrogens (tertiary/aromatic N) is 2. The molecule has 1 aliphatic heterocycles. The van der Waals surface area contributed by atoms with Crippen LogP contribution < -0.4 is 10.6 Å². The average Bonchev–Trinajstić information content (AvgIpc) is 2.38. The van der Waals surface area contributed by atoms with Crippen molar-refractivity contribution >= 4 is 17.5 Å². The molecule has 1 saturated heterocycles. The molecule has 0 amide bonds. The van der Waals surface area contributed by atoms with Crippen molar-refractivity contribution in [3.05, 3.63) is 18.3 Å². The predicted octanol–water partition coefficient (Wildman–Crippen LogP) is 2.22. The number of carbonyl (C=O) groups excluding carboxylic acids is 1. The molecule has 0 spiro atoms. The second kappa shape index (κ2) is 5.69. The van der Waals surface area contributed by atoms with E-state index < -0.39 is 5.60 Å². The van der Waals surface area contributed by atoms with Gasteiger partial charge in [-0.2, -0.15) is 0 Å². The lowest BCUT2D eigenvalue weighted by molar-refractivity contribution is -0.160. The fourth-order valence-corrected chi connectivity index (χ4v) is 2.31. The topological polar surface area (TPSA) is 68.5 Å². The number of pyridine rings is 1. The molecule has 1 aliphatic rings. The summed E-state index contributed by atoms with van der Waals surface area (Å²) < 4.78 is 5.44. The van der Waals surface area contributed by atoms with Crippen LogP contribution in [0.25, 0.3) is 0 Å². The molecular formula is C15H23N3O2. The molecule has 0 aromatic carbocycles. The van der Waals surface area contributed by atoms with E-state index in [0.29, 0.717) is 5.69 Å². The van der Waals surface area contributed by atoms with Crippen LogP contribution in [0.1, 0.15) is 33.6 Å². The van der Waals surface area contributed by atoms with Crippen LogP contribution >= 0.6 is 0 Å². The molecule has 0 radical (unpaired) electrons. The average molecular weight is 277 g/mol. The van der Waals surface area contributed by atoms with Crippen molar-refractivity contribution in [2.75, 3.05) is 23.7 Å².